The van der Waals surface area contributed by atoms with Gasteiger partial charge in [-0.3, -0.25) is 9.69 Å². The number of hydrogen-bond acceptors (Lipinski definition) is 3. The maximum atomic E-state index is 12.7. The first-order valence-corrected chi connectivity index (χ1v) is 8.10. The third kappa shape index (κ3) is 5.62. The molecule has 1 aliphatic rings. The van der Waals surface area contributed by atoms with Crippen LogP contribution in [0.5, 0.6) is 0 Å². The van der Waals surface area contributed by atoms with Gasteiger partial charge in [-0.1, -0.05) is 38.1 Å². The number of hydrogen-bond donors (Lipinski definition) is 1. The lowest BCUT2D eigenvalue weighted by atomic mass is 9.93. The van der Waals surface area contributed by atoms with Crippen LogP contribution in [0.3, 0.4) is 0 Å². The molecule has 1 heterocycles. The molecule has 0 saturated carbocycles. The summed E-state index contributed by atoms with van der Waals surface area (Å²) in [6.45, 7) is 9.28. The number of amides is 1. The van der Waals surface area contributed by atoms with Gasteiger partial charge in [0.2, 0.25) is 5.91 Å². The predicted molar refractivity (Wildman–Crippen MR) is 105 cm³/mol. The predicted octanol–water partition coefficient (Wildman–Crippen LogP) is 2.72. The van der Waals surface area contributed by atoms with Crippen molar-refractivity contribution in [3.8, 4) is 0 Å². The van der Waals surface area contributed by atoms with Gasteiger partial charge in [-0.2, -0.15) is 0 Å². The molecule has 1 unspecified atom stereocenters. The normalized spacial score (nSPS) is 15.5. The fraction of sp³-hybridized carbons (Fsp3) is 0.611. The SMILES string of the molecule is CC(C(=O)N(C)CC(C)(C)CN)N1CCc2ccccc2C1.Cl.Cl. The second kappa shape index (κ2) is 9.62. The minimum atomic E-state index is -0.0908. The summed E-state index contributed by atoms with van der Waals surface area (Å²) in [4.78, 5) is 16.8. The molecule has 0 aromatic heterocycles. The van der Waals surface area contributed by atoms with Crippen LogP contribution in [0.4, 0.5) is 0 Å². The van der Waals surface area contributed by atoms with Crippen LogP contribution in [-0.2, 0) is 17.8 Å². The minimum Gasteiger partial charge on any atom is -0.344 e. The number of nitrogens with zero attached hydrogens (tertiary/aromatic N) is 2. The summed E-state index contributed by atoms with van der Waals surface area (Å²) in [7, 11) is 1.88. The van der Waals surface area contributed by atoms with Crippen LogP contribution in [0, 0.1) is 5.41 Å². The highest BCUT2D eigenvalue weighted by Gasteiger charge is 2.29. The number of carbonyl (C=O) groups is 1. The molecule has 1 aliphatic heterocycles. The lowest BCUT2D eigenvalue weighted by Crippen LogP contribution is -2.50. The Labute approximate surface area is 158 Å². The van der Waals surface area contributed by atoms with Gasteiger partial charge in [0, 0.05) is 26.7 Å². The number of halogens is 2. The number of nitrogens with two attached hydrogens (primary N) is 1. The van der Waals surface area contributed by atoms with Crippen molar-refractivity contribution >= 4 is 30.7 Å². The zero-order chi connectivity index (χ0) is 16.3. The highest BCUT2D eigenvalue weighted by Crippen LogP contribution is 2.21. The van der Waals surface area contributed by atoms with Crippen molar-refractivity contribution < 1.29 is 4.79 Å². The van der Waals surface area contributed by atoms with E-state index in [1.165, 1.54) is 11.1 Å². The number of fused-ring (bicyclic) bond motifs is 1. The molecule has 2 N–H and O–H groups in total. The van der Waals surface area contributed by atoms with Crippen LogP contribution < -0.4 is 5.73 Å². The summed E-state index contributed by atoms with van der Waals surface area (Å²) in [6.07, 6.45) is 1.02. The lowest BCUT2D eigenvalue weighted by Gasteiger charge is -2.36. The Hall–Kier alpha value is -0.810. The van der Waals surface area contributed by atoms with E-state index in [0.717, 1.165) is 19.5 Å². The largest absolute Gasteiger partial charge is 0.344 e. The standard InChI is InChI=1S/C18H29N3O.2ClH/c1-14(17(22)20(4)13-18(2,3)12-19)21-10-9-15-7-5-6-8-16(15)11-21;;/h5-8,14H,9-13,19H2,1-4H3;2*1H. The monoisotopic (exact) mass is 375 g/mol. The second-order valence-electron chi connectivity index (χ2n) is 7.23. The van der Waals surface area contributed by atoms with Crippen LogP contribution >= 0.6 is 24.8 Å². The number of likely N-dealkylation sites (N-methyl/N-ethyl adjacent to an activating group) is 1. The highest BCUT2D eigenvalue weighted by molar-refractivity contribution is 5.85. The van der Waals surface area contributed by atoms with Crippen molar-refractivity contribution in [2.75, 3.05) is 26.7 Å². The molecule has 0 saturated heterocycles. The highest BCUT2D eigenvalue weighted by atomic mass is 35.5. The van der Waals surface area contributed by atoms with Crippen LogP contribution in [0.15, 0.2) is 24.3 Å². The van der Waals surface area contributed by atoms with E-state index in [2.05, 4.69) is 43.0 Å². The van der Waals surface area contributed by atoms with Crippen LogP contribution in [-0.4, -0.2) is 48.4 Å². The molecular weight excluding hydrogens is 345 g/mol. The molecule has 1 aromatic carbocycles. The van der Waals surface area contributed by atoms with Gasteiger partial charge in [0.25, 0.3) is 0 Å². The van der Waals surface area contributed by atoms with Crippen LogP contribution in [0.25, 0.3) is 0 Å². The molecule has 0 radical (unpaired) electrons. The molecule has 1 atom stereocenters. The summed E-state index contributed by atoms with van der Waals surface area (Å²) in [6, 6.07) is 8.43. The molecule has 0 aliphatic carbocycles. The van der Waals surface area contributed by atoms with E-state index in [1.54, 1.807) is 0 Å². The third-order valence-corrected chi connectivity index (χ3v) is 4.66. The van der Waals surface area contributed by atoms with Crippen molar-refractivity contribution in [2.45, 2.75) is 39.8 Å². The summed E-state index contributed by atoms with van der Waals surface area (Å²) in [5.74, 6) is 0.181. The average molecular weight is 376 g/mol. The molecule has 24 heavy (non-hydrogen) atoms. The fourth-order valence-electron chi connectivity index (χ4n) is 3.11. The molecule has 0 spiro atoms. The van der Waals surface area contributed by atoms with E-state index < -0.39 is 0 Å². The average Bonchev–Trinajstić information content (AvgIpc) is 2.52. The van der Waals surface area contributed by atoms with Gasteiger partial charge in [0.05, 0.1) is 6.04 Å². The first kappa shape index (κ1) is 23.2. The zero-order valence-electron chi connectivity index (χ0n) is 15.1. The van der Waals surface area contributed by atoms with Crippen molar-refractivity contribution in [3.05, 3.63) is 35.4 Å². The Morgan fingerprint density at radius 1 is 1.29 bits per heavy atom. The van der Waals surface area contributed by atoms with E-state index >= 15 is 0 Å². The third-order valence-electron chi connectivity index (χ3n) is 4.66. The minimum absolute atomic E-state index is 0. The van der Waals surface area contributed by atoms with Crippen molar-refractivity contribution in [1.29, 1.82) is 0 Å². The Balaban J connectivity index is 0.00000264. The summed E-state index contributed by atoms with van der Waals surface area (Å²) >= 11 is 0. The quantitative estimate of drug-likeness (QED) is 0.860. The Morgan fingerprint density at radius 3 is 2.46 bits per heavy atom. The summed E-state index contributed by atoms with van der Waals surface area (Å²) in [5.41, 5.74) is 8.49. The first-order chi connectivity index (χ1) is 10.3. The first-order valence-electron chi connectivity index (χ1n) is 8.10. The maximum Gasteiger partial charge on any atom is 0.239 e. The molecule has 138 valence electrons. The maximum absolute atomic E-state index is 12.7. The molecule has 6 heteroatoms. The summed E-state index contributed by atoms with van der Waals surface area (Å²) < 4.78 is 0. The topological polar surface area (TPSA) is 49.6 Å². The van der Waals surface area contributed by atoms with E-state index in [0.29, 0.717) is 13.1 Å². The number of carbonyl (C=O) groups excluding carboxylic acids is 1. The van der Waals surface area contributed by atoms with E-state index in [-0.39, 0.29) is 42.2 Å². The molecule has 4 nitrogen and oxygen atoms in total. The fourth-order valence-corrected chi connectivity index (χ4v) is 3.11. The van der Waals surface area contributed by atoms with Gasteiger partial charge in [-0.25, -0.2) is 0 Å². The molecular formula is C18H31Cl2N3O. The van der Waals surface area contributed by atoms with Gasteiger partial charge in [0.1, 0.15) is 0 Å². The van der Waals surface area contributed by atoms with E-state index in [4.69, 9.17) is 5.73 Å². The van der Waals surface area contributed by atoms with Crippen molar-refractivity contribution in [1.82, 2.24) is 9.80 Å². The van der Waals surface area contributed by atoms with Gasteiger partial charge < -0.3 is 10.6 Å². The Bertz CT molecular complexity index is 537. The molecule has 1 amide bonds. The van der Waals surface area contributed by atoms with Crippen molar-refractivity contribution in [3.63, 3.8) is 0 Å². The van der Waals surface area contributed by atoms with Gasteiger partial charge in [-0.05, 0) is 36.4 Å². The lowest BCUT2D eigenvalue weighted by molar-refractivity contribution is -0.136. The van der Waals surface area contributed by atoms with Gasteiger partial charge in [-0.15, -0.1) is 24.8 Å². The molecule has 0 bridgehead atoms. The smallest absolute Gasteiger partial charge is 0.239 e. The summed E-state index contributed by atoms with van der Waals surface area (Å²) in [5, 5.41) is 0. The Morgan fingerprint density at radius 2 is 1.88 bits per heavy atom. The van der Waals surface area contributed by atoms with Crippen LogP contribution in [0.2, 0.25) is 0 Å². The van der Waals surface area contributed by atoms with Gasteiger partial charge >= 0.3 is 0 Å². The number of rotatable bonds is 5. The number of benzene rings is 1. The van der Waals surface area contributed by atoms with Crippen molar-refractivity contribution in [2.24, 2.45) is 11.1 Å². The van der Waals surface area contributed by atoms with Crippen LogP contribution in [0.1, 0.15) is 31.9 Å². The molecule has 1 aromatic rings. The Kier molecular flexibility index (Phi) is 9.29. The van der Waals surface area contributed by atoms with E-state index in [1.807, 2.05) is 18.9 Å². The van der Waals surface area contributed by atoms with Gasteiger partial charge in [0.15, 0.2) is 0 Å². The molecule has 0 fully saturated rings. The van der Waals surface area contributed by atoms with E-state index in [9.17, 15) is 4.79 Å². The zero-order valence-corrected chi connectivity index (χ0v) is 16.8. The second-order valence-corrected chi connectivity index (χ2v) is 7.23. The molecule has 2 rings (SSSR count).